The highest BCUT2D eigenvalue weighted by Crippen LogP contribution is 2.65. The molecule has 1 aromatic carbocycles. The monoisotopic (exact) mass is 555 g/mol. The first-order chi connectivity index (χ1) is 18.9. The van der Waals surface area contributed by atoms with E-state index in [1.807, 2.05) is 23.6 Å². The second-order valence-corrected chi connectivity index (χ2v) is 13.1. The fourth-order valence-corrected chi connectivity index (χ4v) is 7.18. The summed E-state index contributed by atoms with van der Waals surface area (Å²) in [6, 6.07) is 10.1. The number of hydrogen-bond donors (Lipinski definition) is 3. The van der Waals surface area contributed by atoms with Gasteiger partial charge in [-0.2, -0.15) is 0 Å². The first kappa shape index (κ1) is 30.3. The normalized spacial score (nSPS) is 28.4. The van der Waals surface area contributed by atoms with Crippen LogP contribution >= 0.6 is 0 Å². The highest BCUT2D eigenvalue weighted by Gasteiger charge is 2.68. The minimum atomic E-state index is -0.738. The summed E-state index contributed by atoms with van der Waals surface area (Å²) >= 11 is 0. The Hall–Kier alpha value is -2.66. The number of aryl methyl sites for hydroxylation is 1. The molecule has 3 aliphatic carbocycles. The highest BCUT2D eigenvalue weighted by molar-refractivity contribution is 6.47. The Labute approximate surface area is 238 Å². The average Bonchev–Trinajstić information content (AvgIpc) is 3.25. The molecule has 0 spiro atoms. The van der Waals surface area contributed by atoms with E-state index >= 15 is 0 Å². The molecular formula is C29H46BN5O5. The van der Waals surface area contributed by atoms with Crippen molar-refractivity contribution in [2.45, 2.75) is 97.2 Å². The molecule has 4 fully saturated rings. The number of nitrogens with two attached hydrogens (primary N) is 1. The predicted octanol–water partition coefficient (Wildman–Crippen LogP) is 3.91. The quantitative estimate of drug-likeness (QED) is 0.0837. The lowest BCUT2D eigenvalue weighted by Crippen LogP contribution is -2.65. The van der Waals surface area contributed by atoms with Gasteiger partial charge in [0.2, 0.25) is 5.91 Å². The van der Waals surface area contributed by atoms with Gasteiger partial charge in [-0.05, 0) is 80.6 Å². The van der Waals surface area contributed by atoms with E-state index in [-0.39, 0.29) is 40.8 Å². The number of amides is 1. The summed E-state index contributed by atoms with van der Waals surface area (Å²) in [5, 5.41) is 13.2. The number of hydrogen-bond acceptors (Lipinski definition) is 6. The lowest BCUT2D eigenvalue weighted by molar-refractivity contribution is -0.525. The summed E-state index contributed by atoms with van der Waals surface area (Å²) in [4.78, 5) is 28.4. The standard InChI is InChI=1S/C29H46BN5O5/c1-19(2)16-25(30-39-24-18-22-17-23(28(22,3)4)29(24,5)40-30)33-26(36)21(14-13-20-10-7-6-8-11-20)12-9-15-32-27(31)34-35(37)38/h6-8,10-11,19,21-25H,9,12-18H2,1-5H3,(H,33,36)(H3,31,32,34)/t21-,22-,23-,24-,25+,29+/m1/s1. The molecule has 0 aromatic heterocycles. The molecular weight excluding hydrogens is 509 g/mol. The zero-order chi connectivity index (χ0) is 29.1. The molecule has 0 unspecified atom stereocenters. The zero-order valence-electron chi connectivity index (χ0n) is 24.6. The van der Waals surface area contributed by atoms with Crippen molar-refractivity contribution in [3.63, 3.8) is 0 Å². The molecule has 1 heterocycles. The number of aliphatic imine (C=N–C) groups is 1. The van der Waals surface area contributed by atoms with E-state index in [9.17, 15) is 14.9 Å². The van der Waals surface area contributed by atoms with Crippen molar-refractivity contribution in [2.24, 2.45) is 39.8 Å². The summed E-state index contributed by atoms with van der Waals surface area (Å²) in [5.41, 5.74) is 8.51. The molecule has 6 atom stereocenters. The van der Waals surface area contributed by atoms with Crippen LogP contribution in [0.2, 0.25) is 0 Å². The summed E-state index contributed by atoms with van der Waals surface area (Å²) in [6.07, 6.45) is 5.64. The Kier molecular flexibility index (Phi) is 9.45. The lowest BCUT2D eigenvalue weighted by atomic mass is 9.43. The van der Waals surface area contributed by atoms with Gasteiger partial charge in [0.25, 0.3) is 5.96 Å². The first-order valence-electron chi connectivity index (χ1n) is 14.8. The summed E-state index contributed by atoms with van der Waals surface area (Å²) in [6.45, 7) is 11.5. The molecule has 40 heavy (non-hydrogen) atoms. The van der Waals surface area contributed by atoms with Gasteiger partial charge < -0.3 is 20.4 Å². The van der Waals surface area contributed by atoms with Crippen LogP contribution in [0.15, 0.2) is 35.3 Å². The molecule has 10 nitrogen and oxygen atoms in total. The van der Waals surface area contributed by atoms with Gasteiger partial charge in [0.05, 0.1) is 17.6 Å². The van der Waals surface area contributed by atoms with E-state index < -0.39 is 12.2 Å². The Morgan fingerprint density at radius 1 is 1.23 bits per heavy atom. The van der Waals surface area contributed by atoms with E-state index in [1.165, 1.54) is 12.0 Å². The van der Waals surface area contributed by atoms with Crippen LogP contribution in [0.3, 0.4) is 0 Å². The SMILES string of the molecule is CC(C)C[C@H](NC(=O)[C@H](CCCN=C(N)N[N+](=O)[O-])CCc1ccccc1)B1O[C@@H]2C[C@H]3C[C@H](C3(C)C)[C@]2(C)O1. The van der Waals surface area contributed by atoms with Crippen LogP contribution in [-0.4, -0.2) is 48.2 Å². The van der Waals surface area contributed by atoms with Crippen LogP contribution < -0.4 is 16.5 Å². The molecule has 1 aliphatic heterocycles. The van der Waals surface area contributed by atoms with Gasteiger partial charge in [-0.15, -0.1) is 0 Å². The molecule has 4 N–H and O–H groups in total. The number of nitro groups is 1. The van der Waals surface area contributed by atoms with E-state index in [0.717, 1.165) is 19.3 Å². The third-order valence-electron chi connectivity index (χ3n) is 9.54. The molecule has 3 saturated carbocycles. The van der Waals surface area contributed by atoms with Crippen LogP contribution in [0.1, 0.15) is 78.7 Å². The van der Waals surface area contributed by atoms with E-state index in [0.29, 0.717) is 43.6 Å². The maximum Gasteiger partial charge on any atom is 0.481 e. The van der Waals surface area contributed by atoms with Crippen molar-refractivity contribution in [1.29, 1.82) is 0 Å². The molecule has 5 rings (SSSR count). The van der Waals surface area contributed by atoms with E-state index in [2.05, 4.69) is 57.1 Å². The van der Waals surface area contributed by atoms with Crippen molar-refractivity contribution in [1.82, 2.24) is 10.7 Å². The maximum absolute atomic E-state index is 13.8. The largest absolute Gasteiger partial charge is 0.481 e. The minimum Gasteiger partial charge on any atom is -0.404 e. The third kappa shape index (κ3) is 6.79. The predicted molar refractivity (Wildman–Crippen MR) is 156 cm³/mol. The second kappa shape index (κ2) is 12.5. The maximum atomic E-state index is 13.8. The number of nitrogens with one attached hydrogen (secondary N) is 2. The molecule has 220 valence electrons. The molecule has 0 radical (unpaired) electrons. The number of carbonyl (C=O) groups is 1. The van der Waals surface area contributed by atoms with Gasteiger partial charge in [0.15, 0.2) is 5.03 Å². The Bertz CT molecular complexity index is 1070. The van der Waals surface area contributed by atoms with Crippen molar-refractivity contribution < 1.29 is 19.1 Å². The number of rotatable bonds is 13. The van der Waals surface area contributed by atoms with Crippen molar-refractivity contribution in [3.05, 3.63) is 46.0 Å². The summed E-state index contributed by atoms with van der Waals surface area (Å²) in [5.74, 6) is 0.731. The van der Waals surface area contributed by atoms with Crippen LogP contribution in [0, 0.1) is 39.2 Å². The number of hydrazine groups is 1. The second-order valence-electron chi connectivity index (χ2n) is 13.1. The third-order valence-corrected chi connectivity index (χ3v) is 9.54. The fourth-order valence-electron chi connectivity index (χ4n) is 7.18. The smallest absolute Gasteiger partial charge is 0.404 e. The Morgan fingerprint density at radius 2 is 1.95 bits per heavy atom. The van der Waals surface area contributed by atoms with Crippen LogP contribution in [0.5, 0.6) is 0 Å². The van der Waals surface area contributed by atoms with Gasteiger partial charge in [0, 0.05) is 12.5 Å². The van der Waals surface area contributed by atoms with Crippen molar-refractivity contribution in [3.8, 4) is 0 Å². The van der Waals surface area contributed by atoms with Gasteiger partial charge in [-0.25, -0.2) is 15.1 Å². The van der Waals surface area contributed by atoms with Crippen molar-refractivity contribution >= 4 is 19.0 Å². The average molecular weight is 556 g/mol. The Balaban J connectivity index is 1.42. The van der Waals surface area contributed by atoms with Gasteiger partial charge in [-0.3, -0.25) is 4.79 Å². The van der Waals surface area contributed by atoms with Gasteiger partial charge in [-0.1, -0.05) is 63.5 Å². The van der Waals surface area contributed by atoms with Crippen LogP contribution in [0.4, 0.5) is 0 Å². The lowest BCUT2D eigenvalue weighted by Gasteiger charge is -2.64. The molecule has 1 aromatic rings. The fraction of sp³-hybridized carbons (Fsp3) is 0.724. The molecule has 2 bridgehead atoms. The van der Waals surface area contributed by atoms with Gasteiger partial charge >= 0.3 is 7.12 Å². The minimum absolute atomic E-state index is 0.0150. The Morgan fingerprint density at radius 3 is 2.60 bits per heavy atom. The zero-order valence-corrected chi connectivity index (χ0v) is 24.6. The van der Waals surface area contributed by atoms with E-state index in [1.54, 1.807) is 0 Å². The van der Waals surface area contributed by atoms with Crippen LogP contribution in [0.25, 0.3) is 0 Å². The van der Waals surface area contributed by atoms with Gasteiger partial charge in [0.1, 0.15) is 0 Å². The summed E-state index contributed by atoms with van der Waals surface area (Å²) < 4.78 is 13.3. The highest BCUT2D eigenvalue weighted by atomic mass is 16.7. The topological polar surface area (TPSA) is 141 Å². The number of nitrogens with zero attached hydrogens (tertiary/aromatic N) is 2. The number of carbonyl (C=O) groups excluding carboxylic acids is 1. The van der Waals surface area contributed by atoms with Crippen LogP contribution in [-0.2, 0) is 20.5 Å². The molecule has 4 aliphatic rings. The molecule has 1 saturated heterocycles. The number of benzene rings is 1. The van der Waals surface area contributed by atoms with E-state index in [4.69, 9.17) is 15.0 Å². The first-order valence-corrected chi connectivity index (χ1v) is 14.8. The molecule has 1 amide bonds. The summed E-state index contributed by atoms with van der Waals surface area (Å²) in [7, 11) is -0.469. The van der Waals surface area contributed by atoms with Crippen molar-refractivity contribution in [2.75, 3.05) is 6.54 Å². The molecule has 11 heteroatoms. The number of guanidine groups is 1.